The van der Waals surface area contributed by atoms with Crippen LogP contribution in [0.3, 0.4) is 0 Å². The highest BCUT2D eigenvalue weighted by Crippen LogP contribution is 2.47. The van der Waals surface area contributed by atoms with Crippen molar-refractivity contribution in [1.29, 1.82) is 0 Å². The van der Waals surface area contributed by atoms with Crippen LogP contribution < -0.4 is 0 Å². The van der Waals surface area contributed by atoms with Gasteiger partial charge in [0.15, 0.2) is 0 Å². The largest absolute Gasteiger partial charge is 0.392 e. The molecule has 3 atom stereocenters. The zero-order valence-corrected chi connectivity index (χ0v) is 9.79. The Labute approximate surface area is 97.0 Å². The van der Waals surface area contributed by atoms with Crippen LogP contribution in [-0.4, -0.2) is 17.3 Å². The van der Waals surface area contributed by atoms with Gasteiger partial charge in [0.05, 0.1) is 5.92 Å². The summed E-state index contributed by atoms with van der Waals surface area (Å²) in [4.78, 5) is 0. The fourth-order valence-electron chi connectivity index (χ4n) is 2.35. The molecule has 0 aliphatic heterocycles. The van der Waals surface area contributed by atoms with Crippen LogP contribution in [0, 0.1) is 11.8 Å². The minimum atomic E-state index is -4.51. The molecule has 0 bridgehead atoms. The molecule has 0 aromatic rings. The Balaban J connectivity index is 2.70. The zero-order chi connectivity index (χ0) is 12.6. The smallest absolute Gasteiger partial charge is 0.207 e. The molecule has 0 radical (unpaired) electrons. The SMILES string of the molecule is CC(S)C[C@H]1C[C@H](C(F)(F)F)CC(F)(F)C1. The summed E-state index contributed by atoms with van der Waals surface area (Å²) in [5, 5.41) is -0.146. The third kappa shape index (κ3) is 4.11. The number of rotatable bonds is 2. The summed E-state index contributed by atoms with van der Waals surface area (Å²) in [6.07, 6.45) is -5.89. The van der Waals surface area contributed by atoms with E-state index in [1.807, 2.05) is 0 Å². The molecule has 0 saturated heterocycles. The molecule has 1 rings (SSSR count). The maximum absolute atomic E-state index is 13.2. The van der Waals surface area contributed by atoms with Gasteiger partial charge in [0.25, 0.3) is 0 Å². The minimum absolute atomic E-state index is 0.146. The lowest BCUT2D eigenvalue weighted by atomic mass is 9.77. The van der Waals surface area contributed by atoms with Crippen molar-refractivity contribution in [1.82, 2.24) is 0 Å². The Morgan fingerprint density at radius 2 is 1.88 bits per heavy atom. The molecular weight excluding hydrogens is 247 g/mol. The van der Waals surface area contributed by atoms with E-state index in [1.54, 1.807) is 6.92 Å². The molecule has 16 heavy (non-hydrogen) atoms. The monoisotopic (exact) mass is 262 g/mol. The van der Waals surface area contributed by atoms with E-state index >= 15 is 0 Å². The van der Waals surface area contributed by atoms with Gasteiger partial charge in [-0.3, -0.25) is 0 Å². The number of alkyl halides is 5. The Morgan fingerprint density at radius 3 is 2.31 bits per heavy atom. The van der Waals surface area contributed by atoms with Crippen molar-refractivity contribution in [2.45, 2.75) is 50.0 Å². The van der Waals surface area contributed by atoms with Crippen LogP contribution in [0.25, 0.3) is 0 Å². The average Bonchev–Trinajstić information content (AvgIpc) is 1.97. The lowest BCUT2D eigenvalue weighted by molar-refractivity contribution is -0.214. The van der Waals surface area contributed by atoms with Crippen LogP contribution in [0.1, 0.15) is 32.6 Å². The molecule has 0 heterocycles. The fourth-order valence-corrected chi connectivity index (χ4v) is 2.64. The Morgan fingerprint density at radius 1 is 1.31 bits per heavy atom. The number of thiol groups is 1. The average molecular weight is 262 g/mol. The third-order valence-corrected chi connectivity index (χ3v) is 3.10. The van der Waals surface area contributed by atoms with Crippen LogP contribution in [-0.2, 0) is 0 Å². The van der Waals surface area contributed by atoms with E-state index < -0.39 is 36.8 Å². The minimum Gasteiger partial charge on any atom is -0.207 e. The fraction of sp³-hybridized carbons (Fsp3) is 1.00. The topological polar surface area (TPSA) is 0 Å². The quantitative estimate of drug-likeness (QED) is 0.556. The van der Waals surface area contributed by atoms with Crippen LogP contribution in [0.15, 0.2) is 0 Å². The maximum atomic E-state index is 13.2. The molecule has 1 aliphatic rings. The number of hydrogen-bond acceptors (Lipinski definition) is 1. The van der Waals surface area contributed by atoms with Gasteiger partial charge in [-0.05, 0) is 24.0 Å². The van der Waals surface area contributed by atoms with Gasteiger partial charge < -0.3 is 0 Å². The summed E-state index contributed by atoms with van der Waals surface area (Å²) in [6.45, 7) is 1.71. The first kappa shape index (κ1) is 14.1. The molecule has 0 aromatic carbocycles. The van der Waals surface area contributed by atoms with Crippen LogP contribution in [0.2, 0.25) is 0 Å². The molecule has 1 fully saturated rings. The van der Waals surface area contributed by atoms with Gasteiger partial charge >= 0.3 is 6.18 Å². The van der Waals surface area contributed by atoms with E-state index in [0.29, 0.717) is 6.42 Å². The molecule has 0 spiro atoms. The van der Waals surface area contributed by atoms with E-state index in [1.165, 1.54) is 0 Å². The lowest BCUT2D eigenvalue weighted by Crippen LogP contribution is -2.39. The molecule has 1 unspecified atom stereocenters. The summed E-state index contributed by atoms with van der Waals surface area (Å²) >= 11 is 4.04. The molecule has 1 saturated carbocycles. The van der Waals surface area contributed by atoms with E-state index in [2.05, 4.69) is 12.6 Å². The molecular formula is C10H15F5S. The zero-order valence-electron chi connectivity index (χ0n) is 8.90. The second-order valence-electron chi connectivity index (χ2n) is 4.69. The van der Waals surface area contributed by atoms with Gasteiger partial charge in [-0.25, -0.2) is 8.78 Å². The Hall–Kier alpha value is -0.0000000000000000555. The number of hydrogen-bond donors (Lipinski definition) is 1. The second-order valence-corrected chi connectivity index (χ2v) is 5.57. The van der Waals surface area contributed by atoms with Crippen molar-refractivity contribution in [2.75, 3.05) is 0 Å². The summed E-state index contributed by atoms with van der Waals surface area (Å²) in [5.41, 5.74) is 0. The first-order chi connectivity index (χ1) is 7.10. The molecule has 0 aromatic heterocycles. The Kier molecular flexibility index (Phi) is 4.13. The highest BCUT2D eigenvalue weighted by Gasteiger charge is 2.51. The van der Waals surface area contributed by atoms with Crippen molar-refractivity contribution in [2.24, 2.45) is 11.8 Å². The molecule has 1 aliphatic carbocycles. The van der Waals surface area contributed by atoms with Crippen molar-refractivity contribution >= 4 is 12.6 Å². The summed E-state index contributed by atoms with van der Waals surface area (Å²) < 4.78 is 63.6. The maximum Gasteiger partial charge on any atom is 0.392 e. The second kappa shape index (κ2) is 4.70. The highest BCUT2D eigenvalue weighted by atomic mass is 32.1. The van der Waals surface area contributed by atoms with Crippen LogP contribution in [0.5, 0.6) is 0 Å². The van der Waals surface area contributed by atoms with Crippen molar-refractivity contribution in [3.05, 3.63) is 0 Å². The van der Waals surface area contributed by atoms with Gasteiger partial charge in [0.1, 0.15) is 0 Å². The Bertz CT molecular complexity index is 236. The summed E-state index contributed by atoms with van der Waals surface area (Å²) in [6, 6.07) is 0. The predicted molar refractivity (Wildman–Crippen MR) is 54.9 cm³/mol. The van der Waals surface area contributed by atoms with Gasteiger partial charge in [0.2, 0.25) is 5.92 Å². The summed E-state index contributed by atoms with van der Waals surface area (Å²) in [5.74, 6) is -5.64. The van der Waals surface area contributed by atoms with Gasteiger partial charge in [-0.2, -0.15) is 25.8 Å². The van der Waals surface area contributed by atoms with E-state index in [-0.39, 0.29) is 11.7 Å². The van der Waals surface area contributed by atoms with Crippen molar-refractivity contribution in [3.8, 4) is 0 Å². The van der Waals surface area contributed by atoms with Crippen molar-refractivity contribution in [3.63, 3.8) is 0 Å². The van der Waals surface area contributed by atoms with Gasteiger partial charge in [-0.15, -0.1) is 0 Å². The van der Waals surface area contributed by atoms with E-state index in [4.69, 9.17) is 0 Å². The first-order valence-electron chi connectivity index (χ1n) is 5.23. The van der Waals surface area contributed by atoms with Gasteiger partial charge in [-0.1, -0.05) is 6.92 Å². The van der Waals surface area contributed by atoms with E-state index in [9.17, 15) is 22.0 Å². The normalized spacial score (nSPS) is 32.4. The first-order valence-corrected chi connectivity index (χ1v) is 5.74. The summed E-state index contributed by atoms with van der Waals surface area (Å²) in [7, 11) is 0. The molecule has 0 amide bonds. The molecule has 6 heteroatoms. The third-order valence-electron chi connectivity index (χ3n) is 2.89. The van der Waals surface area contributed by atoms with Crippen molar-refractivity contribution < 1.29 is 22.0 Å². The standard InChI is InChI=1S/C10H15F5S/c1-6(16)2-7-3-8(10(13,14)15)5-9(11,12)4-7/h6-8,16H,2-5H2,1H3/t6?,7-,8-/m0/s1. The molecule has 0 nitrogen and oxygen atoms in total. The molecule has 0 N–H and O–H groups in total. The molecule has 96 valence electrons. The number of halogens is 5. The van der Waals surface area contributed by atoms with Crippen LogP contribution >= 0.6 is 12.6 Å². The van der Waals surface area contributed by atoms with Crippen LogP contribution in [0.4, 0.5) is 22.0 Å². The van der Waals surface area contributed by atoms with E-state index in [0.717, 1.165) is 0 Å². The predicted octanol–water partition coefficient (Wildman–Crippen LogP) is 4.31. The lowest BCUT2D eigenvalue weighted by Gasteiger charge is -2.36. The highest BCUT2D eigenvalue weighted by molar-refractivity contribution is 7.80. The van der Waals surface area contributed by atoms with Gasteiger partial charge in [0, 0.05) is 12.8 Å².